The summed E-state index contributed by atoms with van der Waals surface area (Å²) in [5, 5.41) is -0.268. The Bertz CT molecular complexity index is 537. The molecule has 0 bridgehead atoms. The van der Waals surface area contributed by atoms with E-state index in [9.17, 15) is 0 Å². The van der Waals surface area contributed by atoms with Gasteiger partial charge in [-0.15, -0.1) is 11.6 Å². The van der Waals surface area contributed by atoms with Gasteiger partial charge >= 0.3 is 0 Å². The summed E-state index contributed by atoms with van der Waals surface area (Å²) in [6.45, 7) is 1.81. The fourth-order valence-electron chi connectivity index (χ4n) is 1.60. The number of hydrogen-bond donors (Lipinski definition) is 0. The summed E-state index contributed by atoms with van der Waals surface area (Å²) in [5.74, 6) is 2.51. The maximum absolute atomic E-state index is 5.92. The van der Waals surface area contributed by atoms with Crippen molar-refractivity contribution in [2.45, 2.75) is 12.3 Å². The van der Waals surface area contributed by atoms with Crippen molar-refractivity contribution in [2.75, 3.05) is 14.2 Å². The molecule has 96 valence electrons. The van der Waals surface area contributed by atoms with Gasteiger partial charge in [0.05, 0.1) is 26.0 Å². The van der Waals surface area contributed by atoms with E-state index >= 15 is 0 Å². The summed E-state index contributed by atoms with van der Waals surface area (Å²) in [6, 6.07) is 5.48. The van der Waals surface area contributed by atoms with E-state index in [0.717, 1.165) is 11.3 Å². The van der Waals surface area contributed by atoms with Crippen LogP contribution < -0.4 is 9.47 Å². The molecule has 4 nitrogen and oxygen atoms in total. The van der Waals surface area contributed by atoms with E-state index in [0.29, 0.717) is 17.4 Å². The molecule has 0 radical (unpaired) electrons. The highest BCUT2D eigenvalue weighted by Gasteiger charge is 2.15. The van der Waals surface area contributed by atoms with Gasteiger partial charge in [0.15, 0.2) is 5.76 Å². The summed E-state index contributed by atoms with van der Waals surface area (Å²) in [6.07, 6.45) is 1.63. The summed E-state index contributed by atoms with van der Waals surface area (Å²) in [7, 11) is 3.21. The van der Waals surface area contributed by atoms with Crippen LogP contribution in [-0.2, 0) is 0 Å². The molecule has 0 saturated carbocycles. The lowest BCUT2D eigenvalue weighted by Crippen LogP contribution is -1.89. The number of rotatable bonds is 4. The van der Waals surface area contributed by atoms with Crippen LogP contribution in [0.2, 0.25) is 0 Å². The SMILES string of the molecule is COc1ccc(OC)c(-c2cnc(C(C)Cl)o2)c1. The van der Waals surface area contributed by atoms with Crippen LogP contribution in [0, 0.1) is 0 Å². The zero-order valence-electron chi connectivity index (χ0n) is 10.4. The van der Waals surface area contributed by atoms with Crippen molar-refractivity contribution in [3.8, 4) is 22.8 Å². The number of alkyl halides is 1. The number of ether oxygens (including phenoxy) is 2. The van der Waals surface area contributed by atoms with Gasteiger partial charge in [-0.2, -0.15) is 0 Å². The minimum atomic E-state index is -0.268. The molecular formula is C13H14ClNO3. The molecule has 1 unspecified atom stereocenters. The Hall–Kier alpha value is -1.68. The molecule has 0 fully saturated rings. The molecule has 0 amide bonds. The van der Waals surface area contributed by atoms with E-state index in [1.54, 1.807) is 27.3 Å². The first-order chi connectivity index (χ1) is 8.65. The number of aromatic nitrogens is 1. The van der Waals surface area contributed by atoms with Crippen molar-refractivity contribution in [3.63, 3.8) is 0 Å². The van der Waals surface area contributed by atoms with Gasteiger partial charge < -0.3 is 13.9 Å². The van der Waals surface area contributed by atoms with E-state index in [1.807, 2.05) is 18.2 Å². The van der Waals surface area contributed by atoms with E-state index in [2.05, 4.69) is 4.98 Å². The quantitative estimate of drug-likeness (QED) is 0.793. The van der Waals surface area contributed by atoms with Gasteiger partial charge in [0.25, 0.3) is 0 Å². The van der Waals surface area contributed by atoms with E-state index in [1.165, 1.54) is 0 Å². The molecule has 1 aromatic carbocycles. The highest BCUT2D eigenvalue weighted by atomic mass is 35.5. The smallest absolute Gasteiger partial charge is 0.212 e. The molecule has 0 saturated heterocycles. The number of nitrogens with zero attached hydrogens (tertiary/aromatic N) is 1. The van der Waals surface area contributed by atoms with E-state index in [-0.39, 0.29) is 5.38 Å². The molecular weight excluding hydrogens is 254 g/mol. The average Bonchev–Trinajstić information content (AvgIpc) is 2.87. The number of hydrogen-bond acceptors (Lipinski definition) is 4. The van der Waals surface area contributed by atoms with Gasteiger partial charge in [0, 0.05) is 0 Å². The lowest BCUT2D eigenvalue weighted by Gasteiger charge is -2.08. The maximum Gasteiger partial charge on any atom is 0.212 e. The van der Waals surface area contributed by atoms with Crippen molar-refractivity contribution in [3.05, 3.63) is 30.3 Å². The van der Waals surface area contributed by atoms with Crippen LogP contribution >= 0.6 is 11.6 Å². The first kappa shape index (κ1) is 12.8. The Morgan fingerprint density at radius 3 is 2.61 bits per heavy atom. The number of benzene rings is 1. The zero-order chi connectivity index (χ0) is 13.1. The average molecular weight is 268 g/mol. The van der Waals surface area contributed by atoms with E-state index < -0.39 is 0 Å². The van der Waals surface area contributed by atoms with Crippen LogP contribution in [0.4, 0.5) is 0 Å². The normalized spacial score (nSPS) is 12.2. The molecule has 0 spiro atoms. The van der Waals surface area contributed by atoms with Crippen LogP contribution in [0.25, 0.3) is 11.3 Å². The van der Waals surface area contributed by atoms with Crippen molar-refractivity contribution >= 4 is 11.6 Å². The van der Waals surface area contributed by atoms with Gasteiger partial charge in [-0.25, -0.2) is 4.98 Å². The second-order valence-corrected chi connectivity index (χ2v) is 4.40. The molecule has 0 aliphatic rings. The maximum atomic E-state index is 5.92. The fourth-order valence-corrected chi connectivity index (χ4v) is 1.70. The van der Waals surface area contributed by atoms with Crippen molar-refractivity contribution < 1.29 is 13.9 Å². The zero-order valence-corrected chi connectivity index (χ0v) is 11.2. The highest BCUT2D eigenvalue weighted by molar-refractivity contribution is 6.20. The van der Waals surface area contributed by atoms with Crippen LogP contribution in [-0.4, -0.2) is 19.2 Å². The molecule has 0 N–H and O–H groups in total. The molecule has 18 heavy (non-hydrogen) atoms. The second kappa shape index (κ2) is 5.31. The molecule has 0 aliphatic carbocycles. The standard InChI is InChI=1S/C13H14ClNO3/c1-8(14)13-15-7-12(18-13)10-6-9(16-2)4-5-11(10)17-3/h4-8H,1-3H3. The van der Waals surface area contributed by atoms with E-state index in [4.69, 9.17) is 25.5 Å². The van der Waals surface area contributed by atoms with Crippen molar-refractivity contribution in [1.82, 2.24) is 4.98 Å². The first-order valence-corrected chi connectivity index (χ1v) is 5.91. The number of halogens is 1. The lowest BCUT2D eigenvalue weighted by atomic mass is 10.1. The third-order valence-electron chi connectivity index (χ3n) is 2.54. The number of methoxy groups -OCH3 is 2. The van der Waals surface area contributed by atoms with Gasteiger partial charge in [-0.3, -0.25) is 0 Å². The van der Waals surface area contributed by atoms with Gasteiger partial charge in [0.1, 0.15) is 16.9 Å². The Labute approximate surface area is 110 Å². The van der Waals surface area contributed by atoms with Crippen LogP contribution in [0.5, 0.6) is 11.5 Å². The Kier molecular flexibility index (Phi) is 3.77. The predicted molar refractivity (Wildman–Crippen MR) is 69.3 cm³/mol. The van der Waals surface area contributed by atoms with Crippen LogP contribution in [0.3, 0.4) is 0 Å². The summed E-state index contributed by atoms with van der Waals surface area (Å²) in [4.78, 5) is 4.13. The Morgan fingerprint density at radius 1 is 1.28 bits per heavy atom. The molecule has 2 aromatic rings. The Balaban J connectivity index is 2.46. The van der Waals surface area contributed by atoms with Crippen LogP contribution in [0.15, 0.2) is 28.8 Å². The topological polar surface area (TPSA) is 44.5 Å². The molecule has 2 rings (SSSR count). The number of oxazole rings is 1. The summed E-state index contributed by atoms with van der Waals surface area (Å²) in [5.41, 5.74) is 0.785. The minimum Gasteiger partial charge on any atom is -0.497 e. The fraction of sp³-hybridized carbons (Fsp3) is 0.308. The monoisotopic (exact) mass is 267 g/mol. The second-order valence-electron chi connectivity index (χ2n) is 3.74. The minimum absolute atomic E-state index is 0.268. The van der Waals surface area contributed by atoms with Crippen molar-refractivity contribution in [2.24, 2.45) is 0 Å². The van der Waals surface area contributed by atoms with Gasteiger partial charge in [0.2, 0.25) is 5.89 Å². The largest absolute Gasteiger partial charge is 0.497 e. The summed E-state index contributed by atoms with van der Waals surface area (Å²) >= 11 is 5.92. The van der Waals surface area contributed by atoms with Gasteiger partial charge in [-0.05, 0) is 25.1 Å². The van der Waals surface area contributed by atoms with Gasteiger partial charge in [-0.1, -0.05) is 0 Å². The van der Waals surface area contributed by atoms with Crippen molar-refractivity contribution in [1.29, 1.82) is 0 Å². The third-order valence-corrected chi connectivity index (χ3v) is 2.72. The van der Waals surface area contributed by atoms with Crippen LogP contribution in [0.1, 0.15) is 18.2 Å². The highest BCUT2D eigenvalue weighted by Crippen LogP contribution is 2.34. The molecule has 1 heterocycles. The summed E-state index contributed by atoms with van der Waals surface area (Å²) < 4.78 is 16.1. The molecule has 1 atom stereocenters. The molecule has 1 aromatic heterocycles. The third kappa shape index (κ3) is 2.43. The first-order valence-electron chi connectivity index (χ1n) is 5.48. The molecule has 5 heteroatoms. The Morgan fingerprint density at radius 2 is 2.06 bits per heavy atom. The molecule has 0 aliphatic heterocycles. The lowest BCUT2D eigenvalue weighted by molar-refractivity contribution is 0.402. The predicted octanol–water partition coefficient (Wildman–Crippen LogP) is 3.66.